The van der Waals surface area contributed by atoms with Crippen molar-refractivity contribution in [3.8, 4) is 17.6 Å². The highest BCUT2D eigenvalue weighted by atomic mass is 16.5. The highest BCUT2D eigenvalue weighted by Gasteiger charge is 2.14. The molecule has 1 aliphatic heterocycles. The summed E-state index contributed by atoms with van der Waals surface area (Å²) in [5.74, 6) is 0.528. The molecule has 0 aliphatic carbocycles. The van der Waals surface area contributed by atoms with Crippen LogP contribution in [-0.4, -0.2) is 56.9 Å². The first-order chi connectivity index (χ1) is 15.7. The molecular formula is C25H28N2O5. The highest BCUT2D eigenvalue weighted by molar-refractivity contribution is 5.97. The second kappa shape index (κ2) is 12.5. The Labute approximate surface area is 188 Å². The topological polar surface area (TPSA) is 81.0 Å². The summed E-state index contributed by atoms with van der Waals surface area (Å²) < 4.78 is 22.3. The molecule has 0 atom stereocenters. The number of hydrogen-bond acceptors (Lipinski definition) is 7. The largest absolute Gasteiger partial charge is 0.490 e. The molecule has 0 radical (unpaired) electrons. The van der Waals surface area contributed by atoms with Gasteiger partial charge in [-0.05, 0) is 36.3 Å². The van der Waals surface area contributed by atoms with Crippen molar-refractivity contribution in [2.45, 2.75) is 13.5 Å². The van der Waals surface area contributed by atoms with Gasteiger partial charge in [-0.15, -0.1) is 0 Å². The zero-order valence-corrected chi connectivity index (χ0v) is 18.3. The minimum atomic E-state index is -0.667. The molecule has 1 heterocycles. The Hall–Kier alpha value is -3.34. The summed E-state index contributed by atoms with van der Waals surface area (Å²) in [5, 5.41) is 9.43. The van der Waals surface area contributed by atoms with E-state index < -0.39 is 5.97 Å². The van der Waals surface area contributed by atoms with Gasteiger partial charge in [-0.2, -0.15) is 5.26 Å². The van der Waals surface area contributed by atoms with Gasteiger partial charge in [-0.1, -0.05) is 36.4 Å². The van der Waals surface area contributed by atoms with E-state index >= 15 is 0 Å². The van der Waals surface area contributed by atoms with E-state index in [9.17, 15) is 10.1 Å². The number of hydrogen-bond donors (Lipinski definition) is 0. The second-order valence-electron chi connectivity index (χ2n) is 7.17. The summed E-state index contributed by atoms with van der Waals surface area (Å²) in [7, 11) is 0. The lowest BCUT2D eigenvalue weighted by Crippen LogP contribution is -2.38. The SMILES string of the molecule is CCOc1cc(/C=C(\C#N)C(=O)OCc2ccccc2)ccc1OCCN1CCOCC1. The molecule has 32 heavy (non-hydrogen) atoms. The van der Waals surface area contributed by atoms with Gasteiger partial charge in [0, 0.05) is 19.6 Å². The van der Waals surface area contributed by atoms with Crippen LogP contribution in [0.15, 0.2) is 54.1 Å². The highest BCUT2D eigenvalue weighted by Crippen LogP contribution is 2.29. The molecule has 0 saturated carbocycles. The van der Waals surface area contributed by atoms with Crippen LogP contribution in [-0.2, 0) is 20.9 Å². The van der Waals surface area contributed by atoms with Crippen molar-refractivity contribution < 1.29 is 23.7 Å². The zero-order valence-electron chi connectivity index (χ0n) is 18.3. The van der Waals surface area contributed by atoms with Crippen LogP contribution in [0, 0.1) is 11.3 Å². The van der Waals surface area contributed by atoms with Crippen LogP contribution in [0.5, 0.6) is 11.5 Å². The lowest BCUT2D eigenvalue weighted by atomic mass is 10.1. The van der Waals surface area contributed by atoms with Crippen molar-refractivity contribution in [3.63, 3.8) is 0 Å². The Morgan fingerprint density at radius 1 is 1.12 bits per heavy atom. The molecule has 3 rings (SSSR count). The average molecular weight is 437 g/mol. The summed E-state index contributed by atoms with van der Waals surface area (Å²) >= 11 is 0. The number of carbonyl (C=O) groups is 1. The van der Waals surface area contributed by atoms with Crippen LogP contribution in [0.4, 0.5) is 0 Å². The van der Waals surface area contributed by atoms with E-state index in [1.54, 1.807) is 18.2 Å². The molecule has 0 spiro atoms. The van der Waals surface area contributed by atoms with Crippen molar-refractivity contribution in [3.05, 3.63) is 65.2 Å². The van der Waals surface area contributed by atoms with Gasteiger partial charge in [0.05, 0.1) is 19.8 Å². The molecule has 7 heteroatoms. The van der Waals surface area contributed by atoms with Crippen LogP contribution in [0.1, 0.15) is 18.1 Å². The average Bonchev–Trinajstić information content (AvgIpc) is 2.83. The molecule has 1 fully saturated rings. The van der Waals surface area contributed by atoms with Gasteiger partial charge in [0.2, 0.25) is 0 Å². The maximum atomic E-state index is 12.3. The number of esters is 1. The van der Waals surface area contributed by atoms with Gasteiger partial charge >= 0.3 is 5.97 Å². The minimum Gasteiger partial charge on any atom is -0.490 e. The van der Waals surface area contributed by atoms with E-state index in [4.69, 9.17) is 18.9 Å². The Morgan fingerprint density at radius 3 is 2.62 bits per heavy atom. The number of carbonyl (C=O) groups excluding carboxylic acids is 1. The molecular weight excluding hydrogens is 408 g/mol. The number of rotatable bonds is 10. The maximum absolute atomic E-state index is 12.3. The number of nitrogens with zero attached hydrogens (tertiary/aromatic N) is 2. The molecule has 0 amide bonds. The van der Waals surface area contributed by atoms with Gasteiger partial charge < -0.3 is 18.9 Å². The number of ether oxygens (including phenoxy) is 4. The van der Waals surface area contributed by atoms with E-state index in [0.29, 0.717) is 30.3 Å². The molecule has 2 aromatic rings. The number of benzene rings is 2. The van der Waals surface area contributed by atoms with E-state index in [0.717, 1.165) is 38.4 Å². The monoisotopic (exact) mass is 436 g/mol. The van der Waals surface area contributed by atoms with Crippen molar-refractivity contribution in [1.82, 2.24) is 4.90 Å². The Morgan fingerprint density at radius 2 is 1.91 bits per heavy atom. The van der Waals surface area contributed by atoms with Crippen LogP contribution >= 0.6 is 0 Å². The first-order valence-electron chi connectivity index (χ1n) is 10.7. The smallest absolute Gasteiger partial charge is 0.349 e. The number of nitriles is 1. The second-order valence-corrected chi connectivity index (χ2v) is 7.17. The van der Waals surface area contributed by atoms with Crippen molar-refractivity contribution in [1.29, 1.82) is 5.26 Å². The normalized spacial score (nSPS) is 14.4. The predicted molar refractivity (Wildman–Crippen MR) is 120 cm³/mol. The zero-order chi connectivity index (χ0) is 22.6. The first-order valence-corrected chi connectivity index (χ1v) is 10.7. The summed E-state index contributed by atoms with van der Waals surface area (Å²) in [6, 6.07) is 16.6. The molecule has 0 unspecified atom stereocenters. The van der Waals surface area contributed by atoms with Crippen molar-refractivity contribution in [2.24, 2.45) is 0 Å². The van der Waals surface area contributed by atoms with E-state index in [2.05, 4.69) is 4.90 Å². The standard InChI is InChI=1S/C25H28N2O5/c1-2-30-24-17-21(8-9-23(24)31-15-12-27-10-13-29-14-11-27)16-22(18-26)25(28)32-19-20-6-4-3-5-7-20/h3-9,16-17H,2,10-15,19H2,1H3/b22-16+. The van der Waals surface area contributed by atoms with Crippen LogP contribution in [0.3, 0.4) is 0 Å². The van der Waals surface area contributed by atoms with Crippen molar-refractivity contribution >= 4 is 12.0 Å². The Bertz CT molecular complexity index is 947. The fourth-order valence-corrected chi connectivity index (χ4v) is 3.22. The van der Waals surface area contributed by atoms with Crippen LogP contribution < -0.4 is 9.47 Å². The maximum Gasteiger partial charge on any atom is 0.349 e. The summed E-state index contributed by atoms with van der Waals surface area (Å²) in [6.45, 7) is 7.12. The molecule has 0 N–H and O–H groups in total. The van der Waals surface area contributed by atoms with Gasteiger partial charge in [0.25, 0.3) is 0 Å². The Kier molecular flexibility index (Phi) is 9.11. The molecule has 2 aromatic carbocycles. The fraction of sp³-hybridized carbons (Fsp3) is 0.360. The molecule has 168 valence electrons. The molecule has 1 saturated heterocycles. The third kappa shape index (κ3) is 7.12. The molecule has 1 aliphatic rings. The minimum absolute atomic E-state index is 0.0793. The molecule has 0 aromatic heterocycles. The van der Waals surface area contributed by atoms with Crippen LogP contribution in [0.25, 0.3) is 6.08 Å². The van der Waals surface area contributed by atoms with Gasteiger partial charge in [-0.3, -0.25) is 4.90 Å². The molecule has 0 bridgehead atoms. The summed E-state index contributed by atoms with van der Waals surface area (Å²) in [5.41, 5.74) is 1.43. The fourth-order valence-electron chi connectivity index (χ4n) is 3.22. The van der Waals surface area contributed by atoms with Gasteiger partial charge in [0.15, 0.2) is 11.5 Å². The van der Waals surface area contributed by atoms with E-state index in [-0.39, 0.29) is 12.2 Å². The quantitative estimate of drug-likeness (QED) is 0.321. The van der Waals surface area contributed by atoms with Crippen LogP contribution in [0.2, 0.25) is 0 Å². The van der Waals surface area contributed by atoms with Crippen molar-refractivity contribution in [2.75, 3.05) is 46.1 Å². The predicted octanol–water partition coefficient (Wildman–Crippen LogP) is 3.45. The summed E-state index contributed by atoms with van der Waals surface area (Å²) in [4.78, 5) is 14.6. The first kappa shape index (κ1) is 23.3. The third-order valence-corrected chi connectivity index (χ3v) is 4.90. The lowest BCUT2D eigenvalue weighted by molar-refractivity contribution is -0.139. The molecule has 7 nitrogen and oxygen atoms in total. The van der Waals surface area contributed by atoms with Gasteiger partial charge in [0.1, 0.15) is 24.9 Å². The number of morpholine rings is 1. The van der Waals surface area contributed by atoms with Gasteiger partial charge in [-0.25, -0.2) is 4.79 Å². The lowest BCUT2D eigenvalue weighted by Gasteiger charge is -2.26. The van der Waals surface area contributed by atoms with E-state index in [1.165, 1.54) is 6.08 Å². The third-order valence-electron chi connectivity index (χ3n) is 4.90. The van der Waals surface area contributed by atoms with E-state index in [1.807, 2.05) is 43.3 Å². The summed E-state index contributed by atoms with van der Waals surface area (Å²) in [6.07, 6.45) is 1.49. The Balaban J connectivity index is 1.63.